The lowest BCUT2D eigenvalue weighted by Gasteiger charge is -2.01. The number of carbonyl (C=O) groups is 3. The van der Waals surface area contributed by atoms with Gasteiger partial charge < -0.3 is 19.7 Å². The molecule has 0 amide bonds. The second kappa shape index (κ2) is 20.4. The first-order chi connectivity index (χ1) is 9.89. The molecule has 0 radical (unpaired) electrons. The van der Waals surface area contributed by atoms with E-state index < -0.39 is 17.2 Å². The van der Waals surface area contributed by atoms with Crippen LogP contribution in [0.25, 0.3) is 0 Å². The third-order valence-corrected chi connectivity index (χ3v) is 1.32. The molecule has 0 aromatic carbocycles. The molecule has 0 aliphatic rings. The minimum Gasteiger partial charge on any atom is -0.459 e. The van der Waals surface area contributed by atoms with Crippen molar-refractivity contribution in [1.29, 1.82) is 0 Å². The van der Waals surface area contributed by atoms with E-state index in [1.807, 2.05) is 0 Å². The predicted octanol–water partition coefficient (Wildman–Crippen LogP) is 0.354. The first-order valence-electron chi connectivity index (χ1n) is 5.51. The summed E-state index contributed by atoms with van der Waals surface area (Å²) < 4.78 is 9.04. The van der Waals surface area contributed by atoms with Crippen molar-refractivity contribution in [3.63, 3.8) is 0 Å². The third kappa shape index (κ3) is 32.0. The maximum absolute atomic E-state index is 10.4. The monoisotopic (exact) mass is 322 g/mol. The lowest BCUT2D eigenvalue weighted by atomic mass is 10.6. The molecule has 120 valence electrons. The van der Waals surface area contributed by atoms with Crippen molar-refractivity contribution in [1.82, 2.24) is 0 Å². The summed E-state index contributed by atoms with van der Waals surface area (Å²) in [7, 11) is 0. The average Bonchev–Trinajstić information content (AvgIpc) is 2.51. The third-order valence-electron chi connectivity index (χ3n) is 1.17. The van der Waals surface area contributed by atoms with Crippen molar-refractivity contribution in [2.24, 2.45) is 0 Å². The standard InChI is InChI=1S/C8H10O4.C3H3ClO.C2H6O2/c1-3-7(9)11-5-6-12-8(10)4-2;1-2-3(4)5;3-1-2-4/h3-4H,1-2,5-6H2;2H,1H2;3-4H,1-2H2. The van der Waals surface area contributed by atoms with E-state index in [1.54, 1.807) is 0 Å². The number of halogens is 1. The lowest BCUT2D eigenvalue weighted by Crippen LogP contribution is -2.10. The molecule has 0 fully saturated rings. The lowest BCUT2D eigenvalue weighted by molar-refractivity contribution is -0.146. The van der Waals surface area contributed by atoms with Gasteiger partial charge in [0.15, 0.2) is 0 Å². The van der Waals surface area contributed by atoms with Crippen LogP contribution in [0.3, 0.4) is 0 Å². The zero-order valence-corrected chi connectivity index (χ0v) is 12.3. The molecule has 0 saturated carbocycles. The van der Waals surface area contributed by atoms with Gasteiger partial charge in [0.1, 0.15) is 13.2 Å². The van der Waals surface area contributed by atoms with Crippen molar-refractivity contribution in [3.8, 4) is 0 Å². The van der Waals surface area contributed by atoms with Crippen molar-refractivity contribution < 1.29 is 34.1 Å². The summed E-state index contributed by atoms with van der Waals surface area (Å²) in [6.45, 7) is 9.28. The Balaban J connectivity index is -0.000000297. The fourth-order valence-corrected chi connectivity index (χ4v) is 0.402. The molecule has 0 heterocycles. The Hall–Kier alpha value is -1.96. The van der Waals surface area contributed by atoms with E-state index in [2.05, 4.69) is 29.2 Å². The van der Waals surface area contributed by atoms with E-state index in [9.17, 15) is 14.4 Å². The molecule has 7 nitrogen and oxygen atoms in total. The van der Waals surface area contributed by atoms with Crippen LogP contribution in [0.15, 0.2) is 38.0 Å². The molecule has 21 heavy (non-hydrogen) atoms. The number of carbonyl (C=O) groups excluding carboxylic acids is 3. The SMILES string of the molecule is C=CC(=O)Cl.C=CC(=O)OCCOC(=O)C=C.OCCO. The minimum atomic E-state index is -0.537. The normalized spacial score (nSPS) is 7.76. The van der Waals surface area contributed by atoms with E-state index in [0.29, 0.717) is 0 Å². The number of esters is 2. The van der Waals surface area contributed by atoms with Crippen LogP contribution in [-0.2, 0) is 23.9 Å². The maximum Gasteiger partial charge on any atom is 0.330 e. The Kier molecular flexibility index (Phi) is 23.3. The Morgan fingerprint density at radius 2 is 1.14 bits per heavy atom. The zero-order valence-electron chi connectivity index (χ0n) is 11.5. The number of aliphatic hydroxyl groups is 2. The highest BCUT2D eigenvalue weighted by atomic mass is 35.5. The molecule has 2 N–H and O–H groups in total. The summed E-state index contributed by atoms with van der Waals surface area (Å²) >= 11 is 4.71. The molecule has 0 spiro atoms. The van der Waals surface area contributed by atoms with Crippen molar-refractivity contribution in [2.45, 2.75) is 0 Å². The average molecular weight is 323 g/mol. The zero-order chi connectivity index (χ0) is 17.1. The van der Waals surface area contributed by atoms with Gasteiger partial charge in [-0.2, -0.15) is 0 Å². The van der Waals surface area contributed by atoms with Crippen LogP contribution >= 0.6 is 11.6 Å². The topological polar surface area (TPSA) is 110 Å². The maximum atomic E-state index is 10.4. The summed E-state index contributed by atoms with van der Waals surface area (Å²) in [5.41, 5.74) is 0. The van der Waals surface area contributed by atoms with Gasteiger partial charge in [0.25, 0.3) is 0 Å². The van der Waals surface area contributed by atoms with Crippen LogP contribution in [0.5, 0.6) is 0 Å². The van der Waals surface area contributed by atoms with E-state index in [-0.39, 0.29) is 26.4 Å². The van der Waals surface area contributed by atoms with Gasteiger partial charge in [-0.15, -0.1) is 0 Å². The summed E-state index contributed by atoms with van der Waals surface area (Å²) in [6.07, 6.45) is 3.12. The second-order valence-electron chi connectivity index (χ2n) is 2.70. The molecule has 0 bridgehead atoms. The van der Waals surface area contributed by atoms with Gasteiger partial charge >= 0.3 is 11.9 Å². The Bertz CT molecular complexity index is 315. The fourth-order valence-electron chi connectivity index (χ4n) is 0.402. The second-order valence-corrected chi connectivity index (χ2v) is 3.07. The van der Waals surface area contributed by atoms with E-state index in [1.165, 1.54) is 0 Å². The Morgan fingerprint density at radius 3 is 1.29 bits per heavy atom. The Labute approximate surface area is 128 Å². The van der Waals surface area contributed by atoms with E-state index in [4.69, 9.17) is 21.8 Å². The summed E-state index contributed by atoms with van der Waals surface area (Å²) in [5.74, 6) is -1.07. The van der Waals surface area contributed by atoms with Gasteiger partial charge in [0.05, 0.1) is 13.2 Å². The van der Waals surface area contributed by atoms with Crippen LogP contribution in [0.4, 0.5) is 0 Å². The molecule has 8 heteroatoms. The quantitative estimate of drug-likeness (QED) is 0.301. The minimum absolute atomic E-state index is 0.0322. The molecule has 0 aromatic heterocycles. The molecule has 0 aromatic rings. The van der Waals surface area contributed by atoms with Gasteiger partial charge in [0.2, 0.25) is 5.24 Å². The molecule has 0 rings (SSSR count). The molecule has 0 atom stereocenters. The number of aliphatic hydroxyl groups excluding tert-OH is 2. The molecule has 0 saturated heterocycles. The smallest absolute Gasteiger partial charge is 0.330 e. The molecular weight excluding hydrogens is 304 g/mol. The van der Waals surface area contributed by atoms with Gasteiger partial charge in [-0.25, -0.2) is 9.59 Å². The van der Waals surface area contributed by atoms with E-state index in [0.717, 1.165) is 18.2 Å². The first-order valence-corrected chi connectivity index (χ1v) is 5.89. The number of hydrogen-bond donors (Lipinski definition) is 2. The number of ether oxygens (including phenoxy) is 2. The largest absolute Gasteiger partial charge is 0.459 e. The van der Waals surface area contributed by atoms with Crippen LogP contribution in [0, 0.1) is 0 Å². The number of hydrogen-bond acceptors (Lipinski definition) is 7. The first kappa shape index (κ1) is 24.1. The highest BCUT2D eigenvalue weighted by Gasteiger charge is 1.97. The molecule has 0 unspecified atom stereocenters. The number of rotatable bonds is 7. The van der Waals surface area contributed by atoms with E-state index >= 15 is 0 Å². The highest BCUT2D eigenvalue weighted by molar-refractivity contribution is 6.66. The van der Waals surface area contributed by atoms with Crippen LogP contribution < -0.4 is 0 Å². The van der Waals surface area contributed by atoms with Crippen molar-refractivity contribution in [3.05, 3.63) is 38.0 Å². The summed E-state index contributed by atoms with van der Waals surface area (Å²) in [5, 5.41) is 14.7. The molecule has 0 aliphatic carbocycles. The van der Waals surface area contributed by atoms with Gasteiger partial charge in [-0.1, -0.05) is 19.7 Å². The fraction of sp³-hybridized carbons (Fsp3) is 0.308. The number of allylic oxidation sites excluding steroid dienone is 1. The molecular formula is C13H19ClO7. The van der Waals surface area contributed by atoms with Gasteiger partial charge in [-0.05, 0) is 17.7 Å². The van der Waals surface area contributed by atoms with Gasteiger partial charge in [-0.3, -0.25) is 4.79 Å². The Morgan fingerprint density at radius 1 is 0.857 bits per heavy atom. The summed E-state index contributed by atoms with van der Waals surface area (Å²) in [4.78, 5) is 30.3. The van der Waals surface area contributed by atoms with Crippen LogP contribution in [0.1, 0.15) is 0 Å². The van der Waals surface area contributed by atoms with Gasteiger partial charge in [0, 0.05) is 12.2 Å². The molecule has 0 aliphatic heterocycles. The summed E-state index contributed by atoms with van der Waals surface area (Å²) in [6, 6.07) is 0. The van der Waals surface area contributed by atoms with Crippen LogP contribution in [-0.4, -0.2) is 53.8 Å². The highest BCUT2D eigenvalue weighted by Crippen LogP contribution is 1.82. The van der Waals surface area contributed by atoms with Crippen molar-refractivity contribution >= 4 is 28.8 Å². The van der Waals surface area contributed by atoms with Crippen molar-refractivity contribution in [2.75, 3.05) is 26.4 Å². The predicted molar refractivity (Wildman–Crippen MR) is 77.5 cm³/mol. The van der Waals surface area contributed by atoms with Crippen LogP contribution in [0.2, 0.25) is 0 Å².